The molecule has 0 amide bonds. The third-order valence-corrected chi connectivity index (χ3v) is 2.86. The van der Waals surface area contributed by atoms with Gasteiger partial charge in [0.05, 0.1) is 5.56 Å². The van der Waals surface area contributed by atoms with Gasteiger partial charge in [0.2, 0.25) is 5.78 Å². The van der Waals surface area contributed by atoms with Crippen LogP contribution >= 0.6 is 22.6 Å². The summed E-state index contributed by atoms with van der Waals surface area (Å²) >= 11 is 1.99. The van der Waals surface area contributed by atoms with E-state index in [9.17, 15) is 9.59 Å². The van der Waals surface area contributed by atoms with Crippen molar-refractivity contribution in [1.29, 1.82) is 0 Å². The van der Waals surface area contributed by atoms with Crippen LogP contribution in [0.3, 0.4) is 0 Å². The maximum Gasteiger partial charge on any atom is 0.339 e. The molecule has 1 aromatic carbocycles. The van der Waals surface area contributed by atoms with Gasteiger partial charge >= 0.3 is 5.97 Å². The lowest BCUT2D eigenvalue weighted by Gasteiger charge is -2.03. The first-order valence-electron chi connectivity index (χ1n) is 3.83. The van der Waals surface area contributed by atoms with Gasteiger partial charge in [-0.2, -0.15) is 0 Å². The standard InChI is InChI=1S/C9H5IO4/c10-5-2-1-4(9(12)13)8-7(5)6(11)3-14-8/h1-2H,3H2,(H,12,13). The van der Waals surface area contributed by atoms with Gasteiger partial charge in [0.25, 0.3) is 0 Å². The van der Waals surface area contributed by atoms with Crippen molar-refractivity contribution < 1.29 is 19.4 Å². The lowest BCUT2D eigenvalue weighted by molar-refractivity contribution is 0.0692. The summed E-state index contributed by atoms with van der Waals surface area (Å²) in [5, 5.41) is 8.83. The fraction of sp³-hybridized carbons (Fsp3) is 0.111. The smallest absolute Gasteiger partial charge is 0.339 e. The summed E-state index contributed by atoms with van der Waals surface area (Å²) in [6.45, 7) is -0.0599. The number of carbonyl (C=O) groups excluding carboxylic acids is 1. The Kier molecular flexibility index (Phi) is 2.18. The Morgan fingerprint density at radius 1 is 1.50 bits per heavy atom. The zero-order valence-electron chi connectivity index (χ0n) is 6.91. The largest absolute Gasteiger partial charge is 0.484 e. The Bertz CT molecular complexity index is 439. The van der Waals surface area contributed by atoms with Gasteiger partial charge in [0.1, 0.15) is 11.3 Å². The highest BCUT2D eigenvalue weighted by Gasteiger charge is 2.28. The van der Waals surface area contributed by atoms with Gasteiger partial charge in [-0.25, -0.2) is 4.79 Å². The quantitative estimate of drug-likeness (QED) is 0.800. The van der Waals surface area contributed by atoms with Crippen LogP contribution in [-0.2, 0) is 0 Å². The van der Waals surface area contributed by atoms with Crippen molar-refractivity contribution in [2.75, 3.05) is 6.61 Å². The minimum Gasteiger partial charge on any atom is -0.484 e. The summed E-state index contributed by atoms with van der Waals surface area (Å²) in [7, 11) is 0. The average molecular weight is 304 g/mol. The molecular weight excluding hydrogens is 299 g/mol. The molecule has 1 N–H and O–H groups in total. The van der Waals surface area contributed by atoms with Gasteiger partial charge in [-0.1, -0.05) is 0 Å². The van der Waals surface area contributed by atoms with Crippen molar-refractivity contribution in [2.24, 2.45) is 0 Å². The fourth-order valence-electron chi connectivity index (χ4n) is 1.35. The van der Waals surface area contributed by atoms with Crippen LogP contribution in [0.4, 0.5) is 0 Å². The SMILES string of the molecule is O=C(O)c1ccc(I)c2c1OCC2=O. The number of ether oxygens (including phenoxy) is 1. The van der Waals surface area contributed by atoms with Crippen LogP contribution in [0.15, 0.2) is 12.1 Å². The number of Topliss-reactive ketones (excluding diaryl/α,β-unsaturated/α-hetero) is 1. The van der Waals surface area contributed by atoms with Gasteiger partial charge in [0.15, 0.2) is 6.61 Å². The van der Waals surface area contributed by atoms with Gasteiger partial charge in [0, 0.05) is 3.57 Å². The van der Waals surface area contributed by atoms with Crippen LogP contribution in [0.1, 0.15) is 20.7 Å². The molecule has 14 heavy (non-hydrogen) atoms. The van der Waals surface area contributed by atoms with E-state index in [1.807, 2.05) is 22.6 Å². The molecule has 2 rings (SSSR count). The number of halogens is 1. The van der Waals surface area contributed by atoms with E-state index < -0.39 is 5.97 Å². The van der Waals surface area contributed by atoms with Crippen LogP contribution in [-0.4, -0.2) is 23.5 Å². The van der Waals surface area contributed by atoms with Crippen LogP contribution < -0.4 is 4.74 Å². The molecule has 1 aliphatic heterocycles. The highest BCUT2D eigenvalue weighted by molar-refractivity contribution is 14.1. The van der Waals surface area contributed by atoms with E-state index in [0.29, 0.717) is 5.56 Å². The van der Waals surface area contributed by atoms with Crippen molar-refractivity contribution in [1.82, 2.24) is 0 Å². The Balaban J connectivity index is 2.70. The number of carboxylic acid groups (broad SMARTS) is 1. The summed E-state index contributed by atoms with van der Waals surface area (Å²) in [5.74, 6) is -1.03. The molecule has 1 heterocycles. The van der Waals surface area contributed by atoms with E-state index in [1.165, 1.54) is 6.07 Å². The van der Waals surface area contributed by atoms with Gasteiger partial charge < -0.3 is 9.84 Å². The molecule has 5 heteroatoms. The maximum absolute atomic E-state index is 11.3. The topological polar surface area (TPSA) is 63.6 Å². The minimum atomic E-state index is -1.08. The summed E-state index contributed by atoms with van der Waals surface area (Å²) in [6, 6.07) is 3.05. The van der Waals surface area contributed by atoms with Crippen molar-refractivity contribution in [3.63, 3.8) is 0 Å². The van der Waals surface area contributed by atoms with Crippen molar-refractivity contribution in [2.45, 2.75) is 0 Å². The second kappa shape index (κ2) is 3.23. The lowest BCUT2D eigenvalue weighted by Crippen LogP contribution is -2.00. The fourth-order valence-corrected chi connectivity index (χ4v) is 2.07. The second-order valence-corrected chi connectivity index (χ2v) is 3.98. The zero-order valence-corrected chi connectivity index (χ0v) is 9.07. The Morgan fingerprint density at radius 3 is 2.86 bits per heavy atom. The predicted octanol–water partition coefficient (Wildman–Crippen LogP) is 1.56. The molecule has 1 aliphatic rings. The summed E-state index contributed by atoms with van der Waals surface area (Å²) in [4.78, 5) is 22.1. The van der Waals surface area contributed by atoms with E-state index in [2.05, 4.69) is 0 Å². The van der Waals surface area contributed by atoms with E-state index in [-0.39, 0.29) is 23.7 Å². The Hall–Kier alpha value is -1.11. The van der Waals surface area contributed by atoms with E-state index in [1.54, 1.807) is 6.07 Å². The monoisotopic (exact) mass is 304 g/mol. The van der Waals surface area contributed by atoms with E-state index >= 15 is 0 Å². The zero-order chi connectivity index (χ0) is 10.3. The number of rotatable bonds is 1. The van der Waals surface area contributed by atoms with Gasteiger partial charge in [-0.3, -0.25) is 4.79 Å². The molecule has 0 saturated carbocycles. The number of carboxylic acids is 1. The lowest BCUT2D eigenvalue weighted by atomic mass is 10.1. The third-order valence-electron chi connectivity index (χ3n) is 1.96. The first-order chi connectivity index (χ1) is 6.61. The molecule has 72 valence electrons. The maximum atomic E-state index is 11.3. The Morgan fingerprint density at radius 2 is 2.21 bits per heavy atom. The molecule has 0 saturated heterocycles. The predicted molar refractivity (Wildman–Crippen MR) is 55.9 cm³/mol. The molecule has 0 radical (unpaired) electrons. The molecule has 1 aromatic rings. The molecule has 0 aromatic heterocycles. The van der Waals surface area contributed by atoms with Crippen LogP contribution in [0.5, 0.6) is 5.75 Å². The summed E-state index contributed by atoms with van der Waals surface area (Å²) in [5.41, 5.74) is 0.441. The average Bonchev–Trinajstić information content (AvgIpc) is 2.49. The first-order valence-corrected chi connectivity index (χ1v) is 4.91. The van der Waals surface area contributed by atoms with E-state index in [0.717, 1.165) is 3.57 Å². The molecule has 0 spiro atoms. The van der Waals surface area contributed by atoms with Gasteiger partial charge in [-0.05, 0) is 34.7 Å². The normalized spacial score (nSPS) is 13.6. The number of ketones is 1. The second-order valence-electron chi connectivity index (χ2n) is 2.82. The summed E-state index contributed by atoms with van der Waals surface area (Å²) < 4.78 is 5.78. The molecular formula is C9H5IO4. The molecule has 0 fully saturated rings. The number of hydrogen-bond acceptors (Lipinski definition) is 3. The van der Waals surface area contributed by atoms with Crippen LogP contribution in [0.25, 0.3) is 0 Å². The van der Waals surface area contributed by atoms with Crippen LogP contribution in [0.2, 0.25) is 0 Å². The minimum absolute atomic E-state index is 0.0475. The molecule has 4 nitrogen and oxygen atoms in total. The highest BCUT2D eigenvalue weighted by Crippen LogP contribution is 2.33. The Labute approximate surface area is 93.0 Å². The van der Waals surface area contributed by atoms with Crippen LogP contribution in [0, 0.1) is 3.57 Å². The summed E-state index contributed by atoms with van der Waals surface area (Å²) in [6.07, 6.45) is 0. The number of fused-ring (bicyclic) bond motifs is 1. The van der Waals surface area contributed by atoms with Crippen molar-refractivity contribution in [3.8, 4) is 5.75 Å². The first kappa shape index (κ1) is 9.45. The van der Waals surface area contributed by atoms with Crippen molar-refractivity contribution >= 4 is 34.3 Å². The number of carbonyl (C=O) groups is 2. The van der Waals surface area contributed by atoms with Crippen molar-refractivity contribution in [3.05, 3.63) is 26.8 Å². The van der Waals surface area contributed by atoms with E-state index in [4.69, 9.17) is 9.84 Å². The highest BCUT2D eigenvalue weighted by atomic mass is 127. The third kappa shape index (κ3) is 1.28. The molecule has 0 unspecified atom stereocenters. The molecule has 0 atom stereocenters. The number of aromatic carboxylic acids is 1. The van der Waals surface area contributed by atoms with Gasteiger partial charge in [-0.15, -0.1) is 0 Å². The molecule has 0 bridgehead atoms. The number of hydrogen-bond donors (Lipinski definition) is 1. The molecule has 0 aliphatic carbocycles. The number of benzene rings is 1.